The number of halogens is 2. The number of hydrogen-bond acceptors (Lipinski definition) is 4. The molecule has 1 aliphatic rings. The molecule has 2 aromatic rings. The number of rotatable bonds is 7. The fraction of sp³-hybridized carbons (Fsp3) is 0.409. The fourth-order valence-electron chi connectivity index (χ4n) is 3.56. The van der Waals surface area contributed by atoms with Gasteiger partial charge in [0.2, 0.25) is 5.91 Å². The number of aliphatic imine (C=N–C) groups is 1. The zero-order valence-electron chi connectivity index (χ0n) is 17.6. The van der Waals surface area contributed by atoms with Crippen LogP contribution in [0.25, 0.3) is 0 Å². The van der Waals surface area contributed by atoms with Gasteiger partial charge in [0.25, 0.3) is 0 Å². The van der Waals surface area contributed by atoms with Gasteiger partial charge in [0.15, 0.2) is 17.5 Å². The Labute approximate surface area is 199 Å². The van der Waals surface area contributed by atoms with E-state index in [-0.39, 0.29) is 41.6 Å². The lowest BCUT2D eigenvalue weighted by molar-refractivity contribution is -0.119. The molecular weight excluding hydrogens is 512 g/mol. The van der Waals surface area contributed by atoms with Crippen molar-refractivity contribution in [2.75, 3.05) is 19.6 Å². The highest BCUT2D eigenvalue weighted by atomic mass is 127. The van der Waals surface area contributed by atoms with Crippen LogP contribution < -0.4 is 15.8 Å². The summed E-state index contributed by atoms with van der Waals surface area (Å²) in [6, 6.07) is 8.29. The summed E-state index contributed by atoms with van der Waals surface area (Å²) in [4.78, 5) is 22.0. The second kappa shape index (κ2) is 12.4. The topological polar surface area (TPSA) is 92.8 Å². The third-order valence-electron chi connectivity index (χ3n) is 4.91. The second-order valence-electron chi connectivity index (χ2n) is 7.35. The van der Waals surface area contributed by atoms with Crippen LogP contribution in [0.2, 0.25) is 0 Å². The monoisotopic (exact) mass is 541 g/mol. The Kier molecular flexibility index (Phi) is 9.96. The number of nitrogens with one attached hydrogen (secondary N) is 1. The van der Waals surface area contributed by atoms with Gasteiger partial charge < -0.3 is 20.7 Å². The normalized spacial score (nSPS) is 16.4. The number of likely N-dealkylation sites (tertiary alicyclic amines) is 1. The van der Waals surface area contributed by atoms with E-state index in [1.807, 2.05) is 6.92 Å². The SMILES string of the molecule is CCNC(=NCc1ccc(Oc2cccnc2)c(F)c1)N1CCCC(CC(N)=O)C1.I. The van der Waals surface area contributed by atoms with Crippen molar-refractivity contribution in [3.63, 3.8) is 0 Å². The average molecular weight is 541 g/mol. The minimum Gasteiger partial charge on any atom is -0.453 e. The van der Waals surface area contributed by atoms with Gasteiger partial charge in [-0.3, -0.25) is 9.78 Å². The lowest BCUT2D eigenvalue weighted by atomic mass is 9.95. The number of primary amides is 1. The number of carbonyl (C=O) groups is 1. The number of carbonyl (C=O) groups excluding carboxylic acids is 1. The van der Waals surface area contributed by atoms with Crippen molar-refractivity contribution in [3.8, 4) is 11.5 Å². The molecule has 1 aromatic carbocycles. The predicted octanol–water partition coefficient (Wildman–Crippen LogP) is 3.68. The number of hydrogen-bond donors (Lipinski definition) is 2. The summed E-state index contributed by atoms with van der Waals surface area (Å²) in [5.41, 5.74) is 6.10. The number of pyridine rings is 1. The molecule has 0 spiro atoms. The molecule has 7 nitrogen and oxygen atoms in total. The standard InChI is InChI=1S/C22H28FN5O2.HI/c1-2-26-22(28-10-4-5-17(15-28)12-21(24)29)27-13-16-7-8-20(19(23)11-16)30-18-6-3-9-25-14-18;/h3,6-9,11,14,17H,2,4-5,10,12-13,15H2,1H3,(H2,24,29)(H,26,27);1H. The van der Waals surface area contributed by atoms with Crippen molar-refractivity contribution < 1.29 is 13.9 Å². The molecule has 31 heavy (non-hydrogen) atoms. The molecule has 1 aliphatic heterocycles. The van der Waals surface area contributed by atoms with E-state index in [4.69, 9.17) is 10.5 Å². The molecule has 1 amide bonds. The summed E-state index contributed by atoms with van der Waals surface area (Å²) in [5.74, 6) is 0.910. The van der Waals surface area contributed by atoms with Crippen LogP contribution in [-0.2, 0) is 11.3 Å². The lowest BCUT2D eigenvalue weighted by Gasteiger charge is -2.34. The van der Waals surface area contributed by atoms with Crippen molar-refractivity contribution in [1.82, 2.24) is 15.2 Å². The number of benzene rings is 1. The molecule has 3 rings (SSSR count). The molecule has 0 saturated carbocycles. The third kappa shape index (κ3) is 7.64. The quantitative estimate of drug-likeness (QED) is 0.317. The van der Waals surface area contributed by atoms with E-state index < -0.39 is 5.82 Å². The molecule has 168 valence electrons. The van der Waals surface area contributed by atoms with Crippen LogP contribution in [0.5, 0.6) is 11.5 Å². The number of ether oxygens (including phenoxy) is 1. The van der Waals surface area contributed by atoms with Crippen molar-refractivity contribution in [1.29, 1.82) is 0 Å². The summed E-state index contributed by atoms with van der Waals surface area (Å²) in [7, 11) is 0. The maximum absolute atomic E-state index is 14.5. The molecule has 2 heterocycles. The Morgan fingerprint density at radius 3 is 2.94 bits per heavy atom. The lowest BCUT2D eigenvalue weighted by Crippen LogP contribution is -2.47. The Morgan fingerprint density at radius 1 is 1.42 bits per heavy atom. The van der Waals surface area contributed by atoms with Gasteiger partial charge in [-0.25, -0.2) is 9.38 Å². The average Bonchev–Trinajstić information content (AvgIpc) is 2.73. The molecule has 1 unspecified atom stereocenters. The third-order valence-corrected chi connectivity index (χ3v) is 4.91. The van der Waals surface area contributed by atoms with Gasteiger partial charge in [-0.1, -0.05) is 6.07 Å². The number of guanidine groups is 1. The number of aromatic nitrogens is 1. The van der Waals surface area contributed by atoms with E-state index >= 15 is 0 Å². The van der Waals surface area contributed by atoms with E-state index in [0.717, 1.165) is 44.0 Å². The largest absolute Gasteiger partial charge is 0.453 e. The first-order valence-electron chi connectivity index (χ1n) is 10.2. The first-order chi connectivity index (χ1) is 14.5. The maximum Gasteiger partial charge on any atom is 0.217 e. The fourth-order valence-corrected chi connectivity index (χ4v) is 3.56. The van der Waals surface area contributed by atoms with Gasteiger partial charge in [-0.05, 0) is 55.5 Å². The van der Waals surface area contributed by atoms with Gasteiger partial charge in [0.05, 0.1) is 12.7 Å². The first-order valence-corrected chi connectivity index (χ1v) is 10.2. The van der Waals surface area contributed by atoms with E-state index in [2.05, 4.69) is 20.2 Å². The number of piperidine rings is 1. The summed E-state index contributed by atoms with van der Waals surface area (Å²) in [5, 5.41) is 3.29. The van der Waals surface area contributed by atoms with Crippen LogP contribution in [0.1, 0.15) is 31.7 Å². The summed E-state index contributed by atoms with van der Waals surface area (Å²) >= 11 is 0. The molecule has 0 radical (unpaired) electrons. The minimum atomic E-state index is -0.448. The van der Waals surface area contributed by atoms with Crippen molar-refractivity contribution in [3.05, 3.63) is 54.1 Å². The zero-order valence-corrected chi connectivity index (χ0v) is 19.9. The second-order valence-corrected chi connectivity index (χ2v) is 7.35. The zero-order chi connectivity index (χ0) is 21.3. The Balaban J connectivity index is 0.00000341. The summed E-state index contributed by atoms with van der Waals surface area (Å²) in [6.07, 6.45) is 5.52. The van der Waals surface area contributed by atoms with Gasteiger partial charge in [0.1, 0.15) is 5.75 Å². The molecule has 0 bridgehead atoms. The molecule has 9 heteroatoms. The van der Waals surface area contributed by atoms with Crippen LogP contribution in [0.15, 0.2) is 47.7 Å². The van der Waals surface area contributed by atoms with Gasteiger partial charge in [-0.2, -0.15) is 0 Å². The van der Waals surface area contributed by atoms with Crippen LogP contribution in [0.4, 0.5) is 4.39 Å². The summed E-state index contributed by atoms with van der Waals surface area (Å²) < 4.78 is 20.0. The molecule has 0 aliphatic carbocycles. The van der Waals surface area contributed by atoms with E-state index in [9.17, 15) is 9.18 Å². The van der Waals surface area contributed by atoms with E-state index in [0.29, 0.717) is 18.7 Å². The van der Waals surface area contributed by atoms with E-state index in [1.165, 1.54) is 12.3 Å². The molecule has 1 fully saturated rings. The highest BCUT2D eigenvalue weighted by molar-refractivity contribution is 14.0. The Bertz CT molecular complexity index is 881. The predicted molar refractivity (Wildman–Crippen MR) is 129 cm³/mol. The molecule has 1 aromatic heterocycles. The number of nitrogens with two attached hydrogens (primary N) is 1. The van der Waals surface area contributed by atoms with Crippen molar-refractivity contribution in [2.45, 2.75) is 32.7 Å². The van der Waals surface area contributed by atoms with E-state index in [1.54, 1.807) is 30.5 Å². The highest BCUT2D eigenvalue weighted by Gasteiger charge is 2.23. The highest BCUT2D eigenvalue weighted by Crippen LogP contribution is 2.25. The van der Waals surface area contributed by atoms with Crippen LogP contribution in [0.3, 0.4) is 0 Å². The van der Waals surface area contributed by atoms with Gasteiger partial charge in [0, 0.05) is 32.3 Å². The van der Waals surface area contributed by atoms with Gasteiger partial charge >= 0.3 is 0 Å². The minimum absolute atomic E-state index is 0. The molecular formula is C22H29FIN5O2. The summed E-state index contributed by atoms with van der Waals surface area (Å²) in [6.45, 7) is 4.67. The van der Waals surface area contributed by atoms with Crippen LogP contribution in [0, 0.1) is 11.7 Å². The maximum atomic E-state index is 14.5. The van der Waals surface area contributed by atoms with Crippen LogP contribution in [-0.4, -0.2) is 41.4 Å². The van der Waals surface area contributed by atoms with Crippen molar-refractivity contribution >= 4 is 35.8 Å². The Morgan fingerprint density at radius 2 is 2.26 bits per heavy atom. The van der Waals surface area contributed by atoms with Crippen LogP contribution >= 0.6 is 24.0 Å². The molecule has 3 N–H and O–H groups in total. The molecule has 1 saturated heterocycles. The van der Waals surface area contributed by atoms with Gasteiger partial charge in [-0.15, -0.1) is 24.0 Å². The Hall–Kier alpha value is -2.43. The number of amides is 1. The number of nitrogens with zero attached hydrogens (tertiary/aromatic N) is 3. The molecule has 1 atom stereocenters. The first kappa shape index (κ1) is 24.8. The smallest absolute Gasteiger partial charge is 0.217 e. The van der Waals surface area contributed by atoms with Crippen molar-refractivity contribution in [2.24, 2.45) is 16.6 Å².